The lowest BCUT2D eigenvalue weighted by atomic mass is 10.1. The number of hydrogen-bond acceptors (Lipinski definition) is 4. The van der Waals surface area contributed by atoms with Crippen molar-refractivity contribution >= 4 is 35.6 Å². The summed E-state index contributed by atoms with van der Waals surface area (Å²) in [6.45, 7) is 2.20. The number of nitrogens with zero attached hydrogens (tertiary/aromatic N) is 2. The summed E-state index contributed by atoms with van der Waals surface area (Å²) in [5.74, 6) is -0.410. The molecule has 0 heterocycles. The number of carbonyl (C=O) groups is 1. The Hall–Kier alpha value is -1.37. The molecule has 112 valence electrons. The number of nitro groups is 1. The predicted octanol–water partition coefficient (Wildman–Crippen LogP) is 2.22. The SMILES string of the molecule is CC(CN)C(=O)N(C)Cc1cc([N+](=O)[O-])ccc1Cl.Cl. The molecule has 8 heteroatoms. The first-order valence-corrected chi connectivity index (χ1v) is 6.12. The average molecular weight is 322 g/mol. The van der Waals surface area contributed by atoms with Gasteiger partial charge in [-0.05, 0) is 11.6 Å². The molecule has 20 heavy (non-hydrogen) atoms. The van der Waals surface area contributed by atoms with E-state index in [0.717, 1.165) is 0 Å². The van der Waals surface area contributed by atoms with Crippen LogP contribution in [0.1, 0.15) is 12.5 Å². The fourth-order valence-corrected chi connectivity index (χ4v) is 1.78. The third kappa shape index (κ3) is 4.63. The molecule has 0 spiro atoms. The smallest absolute Gasteiger partial charge is 0.269 e. The van der Waals surface area contributed by atoms with Gasteiger partial charge in [-0.15, -0.1) is 12.4 Å². The van der Waals surface area contributed by atoms with Gasteiger partial charge in [-0.1, -0.05) is 18.5 Å². The Balaban J connectivity index is 0.00000361. The number of hydrogen-bond donors (Lipinski definition) is 1. The number of halogens is 2. The van der Waals surface area contributed by atoms with Crippen LogP contribution >= 0.6 is 24.0 Å². The quantitative estimate of drug-likeness (QED) is 0.665. The van der Waals surface area contributed by atoms with E-state index in [1.165, 1.54) is 23.1 Å². The van der Waals surface area contributed by atoms with E-state index in [9.17, 15) is 14.9 Å². The van der Waals surface area contributed by atoms with Crippen molar-refractivity contribution in [1.29, 1.82) is 0 Å². The summed E-state index contributed by atoms with van der Waals surface area (Å²) in [6.07, 6.45) is 0. The highest BCUT2D eigenvalue weighted by Crippen LogP contribution is 2.23. The highest BCUT2D eigenvalue weighted by molar-refractivity contribution is 6.31. The first-order valence-electron chi connectivity index (χ1n) is 5.74. The van der Waals surface area contributed by atoms with Crippen molar-refractivity contribution in [3.63, 3.8) is 0 Å². The standard InChI is InChI=1S/C12H16ClN3O3.ClH/c1-8(6-14)12(17)15(2)7-9-5-10(16(18)19)3-4-11(9)13;/h3-5,8H,6-7,14H2,1-2H3;1H. The van der Waals surface area contributed by atoms with Gasteiger partial charge < -0.3 is 10.6 Å². The van der Waals surface area contributed by atoms with E-state index in [0.29, 0.717) is 10.6 Å². The molecular formula is C12H17Cl2N3O3. The molecule has 0 aliphatic heterocycles. The fraction of sp³-hybridized carbons (Fsp3) is 0.417. The van der Waals surface area contributed by atoms with Crippen LogP contribution < -0.4 is 5.73 Å². The fourth-order valence-electron chi connectivity index (χ4n) is 1.61. The van der Waals surface area contributed by atoms with E-state index in [1.54, 1.807) is 14.0 Å². The molecule has 0 radical (unpaired) electrons. The van der Waals surface area contributed by atoms with Crippen LogP contribution in [0, 0.1) is 16.0 Å². The summed E-state index contributed by atoms with van der Waals surface area (Å²) in [5, 5.41) is 11.1. The van der Waals surface area contributed by atoms with Gasteiger partial charge >= 0.3 is 0 Å². The zero-order valence-corrected chi connectivity index (χ0v) is 12.8. The summed E-state index contributed by atoms with van der Waals surface area (Å²) in [6, 6.07) is 4.16. The second kappa shape index (κ2) is 8.04. The van der Waals surface area contributed by atoms with E-state index < -0.39 is 4.92 Å². The van der Waals surface area contributed by atoms with Gasteiger partial charge in [0.1, 0.15) is 0 Å². The van der Waals surface area contributed by atoms with Gasteiger partial charge in [0.05, 0.1) is 4.92 Å². The Morgan fingerprint density at radius 3 is 2.65 bits per heavy atom. The molecule has 1 unspecified atom stereocenters. The topological polar surface area (TPSA) is 89.5 Å². The maximum Gasteiger partial charge on any atom is 0.269 e. The third-order valence-electron chi connectivity index (χ3n) is 2.80. The van der Waals surface area contributed by atoms with Crippen LogP contribution in [0.2, 0.25) is 5.02 Å². The van der Waals surface area contributed by atoms with Crippen LogP contribution in [0.25, 0.3) is 0 Å². The molecule has 1 rings (SSSR count). The Labute approximate surface area is 128 Å². The summed E-state index contributed by atoms with van der Waals surface area (Å²) in [5.41, 5.74) is 5.92. The number of rotatable bonds is 5. The van der Waals surface area contributed by atoms with Crippen molar-refractivity contribution in [3.05, 3.63) is 38.9 Å². The van der Waals surface area contributed by atoms with Crippen molar-refractivity contribution in [2.75, 3.05) is 13.6 Å². The second-order valence-electron chi connectivity index (χ2n) is 4.36. The van der Waals surface area contributed by atoms with Crippen LogP contribution in [-0.4, -0.2) is 29.3 Å². The molecule has 0 saturated carbocycles. The van der Waals surface area contributed by atoms with Gasteiger partial charge in [-0.2, -0.15) is 0 Å². The molecular weight excluding hydrogens is 305 g/mol. The second-order valence-corrected chi connectivity index (χ2v) is 4.77. The Kier molecular flexibility index (Phi) is 7.49. The monoisotopic (exact) mass is 321 g/mol. The molecule has 1 atom stereocenters. The van der Waals surface area contributed by atoms with Crippen LogP contribution in [0.4, 0.5) is 5.69 Å². The van der Waals surface area contributed by atoms with Crippen LogP contribution in [0.5, 0.6) is 0 Å². The molecule has 1 aromatic rings. The van der Waals surface area contributed by atoms with Gasteiger partial charge in [-0.25, -0.2) is 0 Å². The Bertz CT molecular complexity index is 497. The van der Waals surface area contributed by atoms with Crippen molar-refractivity contribution in [2.45, 2.75) is 13.5 Å². The summed E-state index contributed by atoms with van der Waals surface area (Å²) in [7, 11) is 1.61. The highest BCUT2D eigenvalue weighted by atomic mass is 35.5. The van der Waals surface area contributed by atoms with E-state index in [4.69, 9.17) is 17.3 Å². The number of non-ortho nitro benzene ring substituents is 1. The van der Waals surface area contributed by atoms with Crippen molar-refractivity contribution < 1.29 is 9.72 Å². The van der Waals surface area contributed by atoms with Gasteiger partial charge in [0.15, 0.2) is 0 Å². The molecule has 0 aliphatic rings. The summed E-state index contributed by atoms with van der Waals surface area (Å²) >= 11 is 5.98. The molecule has 0 fully saturated rings. The maximum atomic E-state index is 11.9. The molecule has 0 aromatic heterocycles. The minimum Gasteiger partial charge on any atom is -0.341 e. The van der Waals surface area contributed by atoms with Crippen molar-refractivity contribution in [1.82, 2.24) is 4.90 Å². The largest absolute Gasteiger partial charge is 0.341 e. The zero-order chi connectivity index (χ0) is 14.6. The minimum atomic E-state index is -0.496. The lowest BCUT2D eigenvalue weighted by molar-refractivity contribution is -0.384. The number of benzene rings is 1. The van der Waals surface area contributed by atoms with Crippen LogP contribution in [0.15, 0.2) is 18.2 Å². The molecule has 6 nitrogen and oxygen atoms in total. The first kappa shape index (κ1) is 18.6. The van der Waals surface area contributed by atoms with E-state index in [-0.39, 0.29) is 43.0 Å². The van der Waals surface area contributed by atoms with Gasteiger partial charge in [0.25, 0.3) is 5.69 Å². The normalized spacial score (nSPS) is 11.4. The van der Waals surface area contributed by atoms with E-state index >= 15 is 0 Å². The molecule has 1 aromatic carbocycles. The molecule has 0 aliphatic carbocycles. The van der Waals surface area contributed by atoms with E-state index in [1.807, 2.05) is 0 Å². The Morgan fingerprint density at radius 2 is 2.15 bits per heavy atom. The number of nitro benzene ring substituents is 1. The van der Waals surface area contributed by atoms with Crippen molar-refractivity contribution in [2.24, 2.45) is 11.7 Å². The molecule has 0 saturated heterocycles. The van der Waals surface area contributed by atoms with Gasteiger partial charge in [0.2, 0.25) is 5.91 Å². The maximum absolute atomic E-state index is 11.9. The number of nitrogens with two attached hydrogens (primary N) is 1. The average Bonchev–Trinajstić information content (AvgIpc) is 2.38. The first-order chi connectivity index (χ1) is 8.86. The van der Waals surface area contributed by atoms with Gasteiger partial charge in [0, 0.05) is 43.2 Å². The molecule has 2 N–H and O–H groups in total. The molecule has 0 bridgehead atoms. The third-order valence-corrected chi connectivity index (χ3v) is 3.17. The lowest BCUT2D eigenvalue weighted by Gasteiger charge is -2.21. The summed E-state index contributed by atoms with van der Waals surface area (Å²) < 4.78 is 0. The van der Waals surface area contributed by atoms with Crippen LogP contribution in [0.3, 0.4) is 0 Å². The highest BCUT2D eigenvalue weighted by Gasteiger charge is 2.18. The summed E-state index contributed by atoms with van der Waals surface area (Å²) in [4.78, 5) is 23.5. The lowest BCUT2D eigenvalue weighted by Crippen LogP contribution is -2.34. The number of carbonyl (C=O) groups excluding carboxylic acids is 1. The van der Waals surface area contributed by atoms with Crippen molar-refractivity contribution in [3.8, 4) is 0 Å². The molecule has 1 amide bonds. The predicted molar refractivity (Wildman–Crippen MR) is 80.0 cm³/mol. The minimum absolute atomic E-state index is 0. The zero-order valence-electron chi connectivity index (χ0n) is 11.2. The Morgan fingerprint density at radius 1 is 1.55 bits per heavy atom. The number of amides is 1. The van der Waals surface area contributed by atoms with E-state index in [2.05, 4.69) is 0 Å². The van der Waals surface area contributed by atoms with Gasteiger partial charge in [-0.3, -0.25) is 14.9 Å². The van der Waals surface area contributed by atoms with Crippen LogP contribution in [-0.2, 0) is 11.3 Å².